The van der Waals surface area contributed by atoms with Gasteiger partial charge in [-0.1, -0.05) is 29.3 Å². The van der Waals surface area contributed by atoms with Crippen LogP contribution in [0.4, 0.5) is 5.69 Å². The van der Waals surface area contributed by atoms with Gasteiger partial charge < -0.3 is 0 Å². The van der Waals surface area contributed by atoms with E-state index < -0.39 is 20.7 Å². The summed E-state index contributed by atoms with van der Waals surface area (Å²) in [5.41, 5.74) is -0.342. The van der Waals surface area contributed by atoms with Crippen molar-refractivity contribution in [3.8, 4) is 0 Å². The average Bonchev–Trinajstić information content (AvgIpc) is 2.50. The van der Waals surface area contributed by atoms with Gasteiger partial charge in [0.2, 0.25) is 5.78 Å². The molecular weight excluding hydrogens is 367 g/mol. The quantitative estimate of drug-likeness (QED) is 0.459. The Morgan fingerprint density at radius 3 is 2.52 bits per heavy atom. The molecule has 0 fully saturated rings. The number of nitro benzene ring substituents is 1. The van der Waals surface area contributed by atoms with E-state index in [-0.39, 0.29) is 31.9 Å². The van der Waals surface area contributed by atoms with E-state index in [4.69, 9.17) is 23.2 Å². The van der Waals surface area contributed by atoms with E-state index >= 15 is 0 Å². The molecule has 0 saturated carbocycles. The molecule has 0 heterocycles. The molecule has 1 aromatic carbocycles. The van der Waals surface area contributed by atoms with Gasteiger partial charge in [0.15, 0.2) is 0 Å². The van der Waals surface area contributed by atoms with Crippen LogP contribution < -0.4 is 0 Å². The molecule has 0 aromatic heterocycles. The summed E-state index contributed by atoms with van der Waals surface area (Å²) in [6, 6.07) is 4.45. The molecule has 10 heteroatoms. The van der Waals surface area contributed by atoms with Crippen LogP contribution in [0, 0.1) is 10.1 Å². The van der Waals surface area contributed by atoms with Gasteiger partial charge in [-0.15, -0.1) is 0 Å². The third kappa shape index (κ3) is 3.49. The minimum absolute atomic E-state index is 0.105. The van der Waals surface area contributed by atoms with Crippen molar-refractivity contribution in [3.63, 3.8) is 0 Å². The first-order chi connectivity index (χ1) is 10.6. The third-order valence-electron chi connectivity index (χ3n) is 2.94. The minimum Gasteiger partial charge on any atom is -0.287 e. The second-order valence-electron chi connectivity index (χ2n) is 4.47. The summed E-state index contributed by atoms with van der Waals surface area (Å²) >= 11 is 11.5. The van der Waals surface area contributed by atoms with Crippen LogP contribution >= 0.6 is 23.2 Å². The molecule has 0 radical (unpaired) electrons. The Morgan fingerprint density at radius 2 is 1.91 bits per heavy atom. The van der Waals surface area contributed by atoms with Crippen LogP contribution in [0.25, 0.3) is 0 Å². The minimum atomic E-state index is -4.24. The van der Waals surface area contributed by atoms with Crippen molar-refractivity contribution in [2.24, 2.45) is 4.40 Å². The number of hydrogen-bond acceptors (Lipinski definition) is 5. The van der Waals surface area contributed by atoms with E-state index in [0.29, 0.717) is 0 Å². The Bertz CT molecular complexity index is 916. The fourth-order valence-electron chi connectivity index (χ4n) is 1.72. The lowest BCUT2D eigenvalue weighted by atomic mass is 10.0. The Hall–Kier alpha value is -2.03. The zero-order valence-electron chi connectivity index (χ0n) is 11.5. The lowest BCUT2D eigenvalue weighted by Gasteiger charge is -2.11. The Morgan fingerprint density at radius 1 is 1.26 bits per heavy atom. The molecule has 1 aromatic rings. The molecule has 1 aliphatic carbocycles. The van der Waals surface area contributed by atoms with Gasteiger partial charge in [-0.3, -0.25) is 14.9 Å². The first-order valence-corrected chi connectivity index (χ1v) is 8.21. The van der Waals surface area contributed by atoms with Crippen molar-refractivity contribution in [2.45, 2.75) is 11.8 Å². The molecule has 1 aliphatic rings. The molecule has 0 amide bonds. The van der Waals surface area contributed by atoms with Gasteiger partial charge in [-0.25, -0.2) is 0 Å². The van der Waals surface area contributed by atoms with Gasteiger partial charge in [0.25, 0.3) is 15.7 Å². The Kier molecular flexibility index (Phi) is 4.69. The lowest BCUT2D eigenvalue weighted by Crippen LogP contribution is -2.14. The second kappa shape index (κ2) is 6.23. The van der Waals surface area contributed by atoms with Crippen molar-refractivity contribution in [1.29, 1.82) is 0 Å². The monoisotopic (exact) mass is 374 g/mol. The maximum Gasteiger partial charge on any atom is 0.283 e. The highest BCUT2D eigenvalue weighted by Gasteiger charge is 2.25. The number of sulfonamides is 1. The SMILES string of the molecule is CC1=C(Cl)C(=O)C(Cl)=CC1=NS(=O)(=O)c1cccc([N+](=O)[O-])c1. The number of hydrogen-bond donors (Lipinski definition) is 0. The van der Waals surface area contributed by atoms with E-state index in [0.717, 1.165) is 18.2 Å². The standard InChI is InChI=1S/C13H8Cl2N2O5S/c1-7-11(6-10(14)13(18)12(7)15)16-23(21,22)9-4-2-3-8(5-9)17(19)20/h2-6H,1H3. The van der Waals surface area contributed by atoms with Crippen LogP contribution in [0.15, 0.2) is 55.3 Å². The summed E-state index contributed by atoms with van der Waals surface area (Å²) in [4.78, 5) is 21.2. The number of benzene rings is 1. The Labute approximate surface area is 141 Å². The van der Waals surface area contributed by atoms with Crippen molar-refractivity contribution in [3.05, 3.63) is 56.1 Å². The second-order valence-corrected chi connectivity index (χ2v) is 6.86. The lowest BCUT2D eigenvalue weighted by molar-refractivity contribution is -0.385. The molecule has 7 nitrogen and oxygen atoms in total. The molecule has 0 N–H and O–H groups in total. The van der Waals surface area contributed by atoms with E-state index in [1.807, 2.05) is 0 Å². The maximum absolute atomic E-state index is 12.3. The van der Waals surface area contributed by atoms with E-state index in [9.17, 15) is 23.3 Å². The van der Waals surface area contributed by atoms with Crippen molar-refractivity contribution in [2.75, 3.05) is 0 Å². The number of carbonyl (C=O) groups is 1. The van der Waals surface area contributed by atoms with E-state index in [1.165, 1.54) is 19.1 Å². The normalized spacial score (nSPS) is 17.4. The van der Waals surface area contributed by atoms with Crippen LogP contribution in [0.1, 0.15) is 6.92 Å². The van der Waals surface area contributed by atoms with Crippen LogP contribution in [0.3, 0.4) is 0 Å². The molecule has 0 unspecified atom stereocenters. The summed E-state index contributed by atoms with van der Waals surface area (Å²) in [6.07, 6.45) is 1.08. The molecule has 0 atom stereocenters. The smallest absolute Gasteiger partial charge is 0.283 e. The molecule has 23 heavy (non-hydrogen) atoms. The summed E-state index contributed by atoms with van der Waals surface area (Å²) in [7, 11) is -4.24. The number of rotatable bonds is 3. The van der Waals surface area contributed by atoms with Crippen LogP contribution in [-0.2, 0) is 14.8 Å². The highest BCUT2D eigenvalue weighted by atomic mass is 35.5. The molecule has 0 saturated heterocycles. The number of halogens is 2. The van der Waals surface area contributed by atoms with Gasteiger partial charge >= 0.3 is 0 Å². The van der Waals surface area contributed by atoms with Crippen LogP contribution in [0.2, 0.25) is 0 Å². The summed E-state index contributed by atoms with van der Waals surface area (Å²) in [6.45, 7) is 1.42. The highest BCUT2D eigenvalue weighted by molar-refractivity contribution is 7.90. The summed E-state index contributed by atoms with van der Waals surface area (Å²) in [5.74, 6) is -0.627. The highest BCUT2D eigenvalue weighted by Crippen LogP contribution is 2.27. The number of ketones is 1. The van der Waals surface area contributed by atoms with Gasteiger partial charge in [0.1, 0.15) is 0 Å². The maximum atomic E-state index is 12.3. The van der Waals surface area contributed by atoms with Gasteiger partial charge in [0, 0.05) is 12.1 Å². The number of allylic oxidation sites excluding steroid dienone is 4. The molecule has 0 bridgehead atoms. The number of nitrogens with zero attached hydrogens (tertiary/aromatic N) is 2. The predicted octanol–water partition coefficient (Wildman–Crippen LogP) is 2.94. The zero-order valence-corrected chi connectivity index (χ0v) is 13.8. The molecular formula is C13H8Cl2N2O5S. The topological polar surface area (TPSA) is 107 Å². The van der Waals surface area contributed by atoms with Gasteiger partial charge in [0.05, 0.1) is 25.6 Å². The van der Waals surface area contributed by atoms with Gasteiger partial charge in [-0.2, -0.15) is 12.8 Å². The van der Waals surface area contributed by atoms with Crippen molar-refractivity contribution in [1.82, 2.24) is 0 Å². The van der Waals surface area contributed by atoms with Crippen LogP contribution in [-0.4, -0.2) is 24.8 Å². The van der Waals surface area contributed by atoms with E-state index in [1.54, 1.807) is 0 Å². The molecule has 2 rings (SSSR count). The number of carbonyl (C=O) groups excluding carboxylic acids is 1. The number of Topliss-reactive ketones (excluding diaryl/α,β-unsaturated/α-hetero) is 1. The fraction of sp³-hybridized carbons (Fsp3) is 0.0769. The molecule has 0 aliphatic heterocycles. The largest absolute Gasteiger partial charge is 0.287 e. The number of non-ortho nitro benzene ring substituents is 1. The zero-order chi connectivity index (χ0) is 17.4. The first kappa shape index (κ1) is 17.3. The van der Waals surface area contributed by atoms with Crippen molar-refractivity contribution >= 4 is 50.4 Å². The van der Waals surface area contributed by atoms with E-state index in [2.05, 4.69) is 4.40 Å². The predicted molar refractivity (Wildman–Crippen MR) is 85.2 cm³/mol. The summed E-state index contributed by atoms with van der Waals surface area (Å²) < 4.78 is 28.1. The fourth-order valence-corrected chi connectivity index (χ4v) is 3.23. The number of nitro groups is 1. The van der Waals surface area contributed by atoms with Crippen LogP contribution in [0.5, 0.6) is 0 Å². The van der Waals surface area contributed by atoms with Gasteiger partial charge in [-0.05, 0) is 24.6 Å². The van der Waals surface area contributed by atoms with Crippen molar-refractivity contribution < 1.29 is 18.1 Å². The first-order valence-electron chi connectivity index (χ1n) is 6.01. The summed E-state index contributed by atoms with van der Waals surface area (Å²) in [5, 5.41) is 10.2. The third-order valence-corrected chi connectivity index (χ3v) is 4.96. The molecule has 0 spiro atoms. The average molecular weight is 375 g/mol. The molecule has 120 valence electrons. The Balaban J connectivity index is 2.55.